The van der Waals surface area contributed by atoms with Gasteiger partial charge in [-0.05, 0) is 38.3 Å². The monoisotopic (exact) mass is 409 g/mol. The largest absolute Gasteiger partial charge is 0.490 e. The van der Waals surface area contributed by atoms with Gasteiger partial charge in [-0.15, -0.1) is 0 Å². The summed E-state index contributed by atoms with van der Waals surface area (Å²) >= 11 is 0. The molecule has 0 aromatic rings. The van der Waals surface area contributed by atoms with Crippen LogP contribution in [0.25, 0.3) is 0 Å². The number of nitrogens with zero attached hydrogens (tertiary/aromatic N) is 1. The molecule has 0 aromatic carbocycles. The zero-order valence-corrected chi connectivity index (χ0v) is 16.4. The van der Waals surface area contributed by atoms with Gasteiger partial charge in [0.05, 0.1) is 13.2 Å². The van der Waals surface area contributed by atoms with Crippen LogP contribution < -0.4 is 10.6 Å². The second-order valence-corrected chi connectivity index (χ2v) is 8.49. The van der Waals surface area contributed by atoms with Crippen molar-refractivity contribution >= 4 is 12.0 Å². The number of aliphatic carboxylic acids is 1. The molecule has 0 saturated carbocycles. The number of hydrogen-bond acceptors (Lipinski definition) is 4. The number of alkyl halides is 3. The summed E-state index contributed by atoms with van der Waals surface area (Å²) in [5.41, 5.74) is 0.249. The molecule has 3 saturated heterocycles. The lowest BCUT2D eigenvalue weighted by atomic mass is 9.71. The van der Waals surface area contributed by atoms with Gasteiger partial charge in [-0.1, -0.05) is 13.8 Å². The number of ether oxygens (including phenoxy) is 1. The Kier molecular flexibility index (Phi) is 7.19. The molecular formula is C18H30F3N3O4. The van der Waals surface area contributed by atoms with Gasteiger partial charge in [-0.25, -0.2) is 9.59 Å². The fourth-order valence-electron chi connectivity index (χ4n) is 4.03. The van der Waals surface area contributed by atoms with Gasteiger partial charge in [0.2, 0.25) is 0 Å². The molecule has 10 heteroatoms. The van der Waals surface area contributed by atoms with Crippen molar-refractivity contribution in [2.45, 2.75) is 39.3 Å². The van der Waals surface area contributed by atoms with Gasteiger partial charge in [0.15, 0.2) is 0 Å². The highest BCUT2D eigenvalue weighted by atomic mass is 19.4. The second kappa shape index (κ2) is 8.86. The van der Waals surface area contributed by atoms with Crippen LogP contribution in [0.15, 0.2) is 0 Å². The summed E-state index contributed by atoms with van der Waals surface area (Å²) in [6, 6.07) is 0.112. The van der Waals surface area contributed by atoms with Gasteiger partial charge in [0, 0.05) is 30.5 Å². The minimum atomic E-state index is -5.08. The summed E-state index contributed by atoms with van der Waals surface area (Å²) in [4.78, 5) is 23.3. The standard InChI is InChI=1S/C16H29N3O2.C2HF3O2/c1-15-9-19(10-16(15,2)12-21-11-15)14(20)18-8-5-13-3-6-17-7-4-13;3-2(4,5)1(6)7/h13,17H,3-12H2,1-2H3,(H,18,20);(H,6,7)/t15-,16+;. The van der Waals surface area contributed by atoms with Gasteiger partial charge >= 0.3 is 18.2 Å². The topological polar surface area (TPSA) is 90.9 Å². The Morgan fingerprint density at radius 3 is 2.14 bits per heavy atom. The average molecular weight is 409 g/mol. The Morgan fingerprint density at radius 1 is 1.18 bits per heavy atom. The number of piperidine rings is 1. The van der Waals surface area contributed by atoms with Crippen molar-refractivity contribution in [3.63, 3.8) is 0 Å². The smallest absolute Gasteiger partial charge is 0.475 e. The first kappa shape index (κ1) is 22.7. The SMILES string of the molecule is C[C@@]12COC[C@]1(C)CN(C(=O)NCCC1CCNCC1)C2.O=C(O)C(F)(F)F. The quantitative estimate of drug-likeness (QED) is 0.664. The van der Waals surface area contributed by atoms with Crippen molar-refractivity contribution in [3.8, 4) is 0 Å². The second-order valence-electron chi connectivity index (χ2n) is 8.49. The molecule has 28 heavy (non-hydrogen) atoms. The van der Waals surface area contributed by atoms with Crippen LogP contribution in [0.5, 0.6) is 0 Å². The summed E-state index contributed by atoms with van der Waals surface area (Å²) in [6.45, 7) is 10.8. The van der Waals surface area contributed by atoms with E-state index in [4.69, 9.17) is 14.6 Å². The number of hydrogen-bond donors (Lipinski definition) is 3. The summed E-state index contributed by atoms with van der Waals surface area (Å²) in [5, 5.41) is 13.6. The van der Waals surface area contributed by atoms with E-state index in [1.165, 1.54) is 12.8 Å². The first-order valence-electron chi connectivity index (χ1n) is 9.58. The van der Waals surface area contributed by atoms with E-state index >= 15 is 0 Å². The van der Waals surface area contributed by atoms with E-state index in [0.29, 0.717) is 0 Å². The molecule has 2 atom stereocenters. The number of nitrogens with one attached hydrogen (secondary N) is 2. The Labute approximate surface area is 163 Å². The van der Waals surface area contributed by atoms with Crippen molar-refractivity contribution in [1.29, 1.82) is 0 Å². The fraction of sp³-hybridized carbons (Fsp3) is 0.889. The van der Waals surface area contributed by atoms with Crippen LogP contribution in [0, 0.1) is 16.7 Å². The highest BCUT2D eigenvalue weighted by Gasteiger charge is 2.56. The van der Waals surface area contributed by atoms with Crippen LogP contribution in [-0.2, 0) is 9.53 Å². The molecule has 0 spiro atoms. The third-order valence-corrected chi connectivity index (χ3v) is 6.20. The number of carbonyl (C=O) groups excluding carboxylic acids is 1. The number of fused-ring (bicyclic) bond motifs is 1. The van der Waals surface area contributed by atoms with Crippen LogP contribution in [0.3, 0.4) is 0 Å². The molecule has 3 aliphatic heterocycles. The molecule has 3 fully saturated rings. The van der Waals surface area contributed by atoms with Crippen molar-refractivity contribution < 1.29 is 32.6 Å². The van der Waals surface area contributed by atoms with E-state index in [-0.39, 0.29) is 16.9 Å². The minimum Gasteiger partial charge on any atom is -0.475 e. The lowest BCUT2D eigenvalue weighted by Crippen LogP contribution is -2.41. The number of amides is 2. The third-order valence-electron chi connectivity index (χ3n) is 6.20. The van der Waals surface area contributed by atoms with Crippen molar-refractivity contribution in [2.24, 2.45) is 16.7 Å². The molecule has 0 unspecified atom stereocenters. The predicted octanol–water partition coefficient (Wildman–Crippen LogP) is 2.08. The van der Waals surface area contributed by atoms with Gasteiger partial charge in [-0.2, -0.15) is 13.2 Å². The number of carbonyl (C=O) groups is 2. The Balaban J connectivity index is 0.000000345. The number of carboxylic acid groups (broad SMARTS) is 1. The zero-order valence-electron chi connectivity index (χ0n) is 16.4. The Hall–Kier alpha value is -1.55. The van der Waals surface area contributed by atoms with Crippen LogP contribution in [-0.4, -0.2) is 74.1 Å². The van der Waals surface area contributed by atoms with E-state index in [2.05, 4.69) is 24.5 Å². The molecule has 3 rings (SSSR count). The molecule has 3 heterocycles. The lowest BCUT2D eigenvalue weighted by molar-refractivity contribution is -0.192. The van der Waals surface area contributed by atoms with E-state index in [1.54, 1.807) is 0 Å². The highest BCUT2D eigenvalue weighted by Crippen LogP contribution is 2.50. The molecular weight excluding hydrogens is 379 g/mol. The molecule has 3 aliphatic rings. The zero-order chi connectivity index (χ0) is 21.0. The fourth-order valence-corrected chi connectivity index (χ4v) is 4.03. The number of rotatable bonds is 3. The normalized spacial score (nSPS) is 30.4. The molecule has 0 bridgehead atoms. The number of urea groups is 1. The minimum absolute atomic E-state index is 0.112. The first-order valence-corrected chi connectivity index (χ1v) is 9.58. The van der Waals surface area contributed by atoms with Crippen LogP contribution in [0.1, 0.15) is 33.1 Å². The molecule has 7 nitrogen and oxygen atoms in total. The number of likely N-dealkylation sites (tertiary alicyclic amines) is 1. The maximum absolute atomic E-state index is 12.4. The molecule has 3 N–H and O–H groups in total. The number of halogens is 3. The van der Waals surface area contributed by atoms with Crippen molar-refractivity contribution in [1.82, 2.24) is 15.5 Å². The Bertz CT molecular complexity index is 551. The van der Waals surface area contributed by atoms with Crippen molar-refractivity contribution in [2.75, 3.05) is 45.9 Å². The predicted molar refractivity (Wildman–Crippen MR) is 95.9 cm³/mol. The third kappa shape index (κ3) is 5.50. The van der Waals surface area contributed by atoms with Gasteiger partial charge in [-0.3, -0.25) is 0 Å². The van der Waals surface area contributed by atoms with Gasteiger partial charge < -0.3 is 25.4 Å². The first-order chi connectivity index (χ1) is 13.0. The maximum Gasteiger partial charge on any atom is 0.490 e. The molecule has 162 valence electrons. The number of carboxylic acids is 1. The van der Waals surface area contributed by atoms with Gasteiger partial charge in [0.25, 0.3) is 0 Å². The Morgan fingerprint density at radius 2 is 1.68 bits per heavy atom. The summed E-state index contributed by atoms with van der Waals surface area (Å²) in [5.74, 6) is -1.99. The molecule has 2 amide bonds. The average Bonchev–Trinajstić information content (AvgIpc) is 3.03. The summed E-state index contributed by atoms with van der Waals surface area (Å²) in [6.07, 6.45) is -1.49. The highest BCUT2D eigenvalue weighted by molar-refractivity contribution is 5.74. The van der Waals surface area contributed by atoms with Crippen LogP contribution >= 0.6 is 0 Å². The van der Waals surface area contributed by atoms with Crippen molar-refractivity contribution in [3.05, 3.63) is 0 Å². The van der Waals surface area contributed by atoms with Gasteiger partial charge in [0.1, 0.15) is 0 Å². The molecule has 0 radical (unpaired) electrons. The summed E-state index contributed by atoms with van der Waals surface area (Å²) in [7, 11) is 0. The molecule has 0 aromatic heterocycles. The summed E-state index contributed by atoms with van der Waals surface area (Å²) < 4.78 is 37.4. The van der Waals surface area contributed by atoms with E-state index in [1.807, 2.05) is 4.90 Å². The molecule has 0 aliphatic carbocycles. The van der Waals surface area contributed by atoms with E-state index < -0.39 is 12.1 Å². The van der Waals surface area contributed by atoms with Crippen LogP contribution in [0.2, 0.25) is 0 Å². The lowest BCUT2D eigenvalue weighted by Gasteiger charge is -2.29. The van der Waals surface area contributed by atoms with E-state index in [0.717, 1.165) is 58.3 Å². The van der Waals surface area contributed by atoms with Crippen LogP contribution in [0.4, 0.5) is 18.0 Å². The van der Waals surface area contributed by atoms with E-state index in [9.17, 15) is 18.0 Å². The maximum atomic E-state index is 12.4.